The van der Waals surface area contributed by atoms with E-state index in [9.17, 15) is 5.11 Å². The highest BCUT2D eigenvalue weighted by Crippen LogP contribution is 2.21. The molecule has 0 aliphatic carbocycles. The number of aliphatic hydroxyl groups is 1. The van der Waals surface area contributed by atoms with Gasteiger partial charge in [0.25, 0.3) is 0 Å². The van der Waals surface area contributed by atoms with Gasteiger partial charge in [0.05, 0.1) is 6.10 Å². The van der Waals surface area contributed by atoms with E-state index in [1.165, 1.54) is 10.5 Å². The smallest absolute Gasteiger partial charge is 0.0716 e. The van der Waals surface area contributed by atoms with Crippen LogP contribution in [0.3, 0.4) is 0 Å². The maximum absolute atomic E-state index is 9.77. The maximum atomic E-state index is 9.77. The minimum atomic E-state index is -0.196. The summed E-state index contributed by atoms with van der Waals surface area (Å²) in [7, 11) is 0. The van der Waals surface area contributed by atoms with E-state index in [1.54, 1.807) is 11.8 Å². The van der Waals surface area contributed by atoms with E-state index in [0.717, 1.165) is 26.1 Å². The molecule has 3 N–H and O–H groups in total. The van der Waals surface area contributed by atoms with Crippen LogP contribution in [-0.2, 0) is 6.42 Å². The van der Waals surface area contributed by atoms with Crippen LogP contribution >= 0.6 is 11.8 Å². The molecule has 1 fully saturated rings. The lowest BCUT2D eigenvalue weighted by atomic mass is 10.0. The normalized spacial score (nSPS) is 24.6. The first-order valence-corrected chi connectivity index (χ1v) is 8.17. The number of aliphatic hydroxyl groups excluding tert-OH is 1. The fourth-order valence-corrected chi connectivity index (χ4v) is 3.18. The average molecular weight is 280 g/mol. The van der Waals surface area contributed by atoms with Gasteiger partial charge < -0.3 is 15.7 Å². The summed E-state index contributed by atoms with van der Waals surface area (Å²) in [5.74, 6) is 0.346. The summed E-state index contributed by atoms with van der Waals surface area (Å²) < 4.78 is 0. The van der Waals surface area contributed by atoms with Gasteiger partial charge in [-0.3, -0.25) is 0 Å². The second-order valence-electron chi connectivity index (χ2n) is 5.31. The van der Waals surface area contributed by atoms with E-state index in [1.807, 2.05) is 0 Å². The van der Waals surface area contributed by atoms with Gasteiger partial charge in [0.2, 0.25) is 0 Å². The highest BCUT2D eigenvalue weighted by Gasteiger charge is 2.24. The van der Waals surface area contributed by atoms with Gasteiger partial charge in [-0.2, -0.15) is 0 Å². The van der Waals surface area contributed by atoms with Crippen LogP contribution in [0.2, 0.25) is 0 Å². The third kappa shape index (κ3) is 4.21. The van der Waals surface area contributed by atoms with E-state index in [0.29, 0.717) is 12.0 Å². The Balaban J connectivity index is 1.82. The number of thioether (sulfide) groups is 1. The first-order valence-electron chi connectivity index (χ1n) is 6.94. The van der Waals surface area contributed by atoms with E-state index in [2.05, 4.69) is 48.1 Å². The predicted octanol–water partition coefficient (Wildman–Crippen LogP) is 1.51. The van der Waals surface area contributed by atoms with E-state index < -0.39 is 0 Å². The lowest BCUT2D eigenvalue weighted by molar-refractivity contribution is 0.145. The van der Waals surface area contributed by atoms with Crippen molar-refractivity contribution in [1.29, 1.82) is 0 Å². The third-order valence-corrected chi connectivity index (χ3v) is 4.59. The number of hydrogen-bond donors (Lipinski definition) is 3. The van der Waals surface area contributed by atoms with Crippen LogP contribution in [0.25, 0.3) is 0 Å². The van der Waals surface area contributed by atoms with Gasteiger partial charge >= 0.3 is 0 Å². The van der Waals surface area contributed by atoms with Gasteiger partial charge in [0, 0.05) is 36.5 Å². The second-order valence-corrected chi connectivity index (χ2v) is 6.16. The van der Waals surface area contributed by atoms with Crippen LogP contribution in [0, 0.1) is 5.92 Å². The Hall–Kier alpha value is -0.550. The van der Waals surface area contributed by atoms with Crippen molar-refractivity contribution in [2.24, 2.45) is 5.92 Å². The molecule has 0 aromatic heterocycles. The highest BCUT2D eigenvalue weighted by molar-refractivity contribution is 7.98. The SMILES string of the molecule is CSc1ccccc1CC(C)NCC1CNCC1O. The molecule has 3 unspecified atom stereocenters. The monoisotopic (exact) mass is 280 g/mol. The Bertz CT molecular complexity index is 399. The lowest BCUT2D eigenvalue weighted by Gasteiger charge is -2.19. The molecule has 2 rings (SSSR count). The Morgan fingerprint density at radius 2 is 2.21 bits per heavy atom. The van der Waals surface area contributed by atoms with Crippen molar-refractivity contribution < 1.29 is 5.11 Å². The zero-order valence-corrected chi connectivity index (χ0v) is 12.5. The minimum absolute atomic E-state index is 0.196. The van der Waals surface area contributed by atoms with Gasteiger partial charge in [-0.15, -0.1) is 11.8 Å². The topological polar surface area (TPSA) is 44.3 Å². The summed E-state index contributed by atoms with van der Waals surface area (Å²) in [5, 5.41) is 16.5. The fourth-order valence-electron chi connectivity index (χ4n) is 2.55. The molecule has 1 aliphatic heterocycles. The van der Waals surface area contributed by atoms with Crippen molar-refractivity contribution >= 4 is 11.8 Å². The van der Waals surface area contributed by atoms with Gasteiger partial charge in [0.15, 0.2) is 0 Å². The van der Waals surface area contributed by atoms with E-state index >= 15 is 0 Å². The summed E-state index contributed by atoms with van der Waals surface area (Å²) in [5.41, 5.74) is 1.40. The molecule has 4 heteroatoms. The van der Waals surface area contributed by atoms with Crippen LogP contribution in [0.15, 0.2) is 29.2 Å². The molecular weight excluding hydrogens is 256 g/mol. The van der Waals surface area contributed by atoms with Gasteiger partial charge in [0.1, 0.15) is 0 Å². The number of rotatable bonds is 6. The van der Waals surface area contributed by atoms with E-state index in [-0.39, 0.29) is 6.10 Å². The summed E-state index contributed by atoms with van der Waals surface area (Å²) in [6, 6.07) is 9.01. The molecule has 0 radical (unpaired) electrons. The number of hydrogen-bond acceptors (Lipinski definition) is 4. The molecular formula is C15H24N2OS. The molecule has 0 spiro atoms. The van der Waals surface area contributed by atoms with Crippen molar-refractivity contribution in [3.63, 3.8) is 0 Å². The van der Waals surface area contributed by atoms with Gasteiger partial charge in [-0.05, 0) is 31.2 Å². The summed E-state index contributed by atoms with van der Waals surface area (Å²) in [4.78, 5) is 1.36. The molecule has 3 nitrogen and oxygen atoms in total. The van der Waals surface area contributed by atoms with Crippen LogP contribution in [-0.4, -0.2) is 43.1 Å². The second kappa shape index (κ2) is 7.29. The fraction of sp³-hybridized carbons (Fsp3) is 0.600. The molecule has 1 saturated heterocycles. The highest BCUT2D eigenvalue weighted by atomic mass is 32.2. The molecule has 1 heterocycles. The third-order valence-electron chi connectivity index (χ3n) is 3.75. The number of nitrogens with one attached hydrogen (secondary N) is 2. The molecule has 106 valence electrons. The van der Waals surface area contributed by atoms with Gasteiger partial charge in [-0.25, -0.2) is 0 Å². The van der Waals surface area contributed by atoms with Crippen LogP contribution < -0.4 is 10.6 Å². The van der Waals surface area contributed by atoms with Crippen molar-refractivity contribution in [2.75, 3.05) is 25.9 Å². The predicted molar refractivity (Wildman–Crippen MR) is 81.8 cm³/mol. The Kier molecular flexibility index (Phi) is 5.70. The molecule has 0 bridgehead atoms. The minimum Gasteiger partial charge on any atom is -0.391 e. The molecule has 3 atom stereocenters. The molecule has 19 heavy (non-hydrogen) atoms. The maximum Gasteiger partial charge on any atom is 0.0716 e. The summed E-state index contributed by atoms with van der Waals surface area (Å²) in [6.45, 7) is 4.75. The first kappa shape index (κ1) is 14.9. The Morgan fingerprint density at radius 3 is 2.89 bits per heavy atom. The van der Waals surface area contributed by atoms with Crippen molar-refractivity contribution in [3.05, 3.63) is 29.8 Å². The first-order chi connectivity index (χ1) is 9.20. The standard InChI is InChI=1S/C15H24N2OS/c1-11(17-9-13-8-16-10-14(13)18)7-12-5-3-4-6-15(12)19-2/h3-6,11,13-14,16-18H,7-10H2,1-2H3. The Labute approximate surface area is 120 Å². The van der Waals surface area contributed by atoms with Crippen molar-refractivity contribution in [2.45, 2.75) is 30.4 Å². The molecule has 1 aromatic carbocycles. The van der Waals surface area contributed by atoms with Crippen molar-refractivity contribution in [3.8, 4) is 0 Å². The summed E-state index contributed by atoms with van der Waals surface area (Å²) in [6.07, 6.45) is 2.96. The zero-order chi connectivity index (χ0) is 13.7. The Morgan fingerprint density at radius 1 is 1.42 bits per heavy atom. The van der Waals surface area contributed by atoms with Crippen LogP contribution in [0.4, 0.5) is 0 Å². The lowest BCUT2D eigenvalue weighted by Crippen LogP contribution is -2.36. The number of benzene rings is 1. The average Bonchev–Trinajstić information content (AvgIpc) is 2.82. The largest absolute Gasteiger partial charge is 0.391 e. The van der Waals surface area contributed by atoms with Gasteiger partial charge in [-0.1, -0.05) is 18.2 Å². The van der Waals surface area contributed by atoms with E-state index in [4.69, 9.17) is 0 Å². The molecule has 0 saturated carbocycles. The number of β-amino-alcohol motifs (C(OH)–C–C–N with tert-alkyl or cyclic N) is 1. The summed E-state index contributed by atoms with van der Waals surface area (Å²) >= 11 is 1.80. The van der Waals surface area contributed by atoms with Crippen LogP contribution in [0.1, 0.15) is 12.5 Å². The molecule has 0 amide bonds. The molecule has 1 aromatic rings. The van der Waals surface area contributed by atoms with Crippen molar-refractivity contribution in [1.82, 2.24) is 10.6 Å². The van der Waals surface area contributed by atoms with Crippen LogP contribution in [0.5, 0.6) is 0 Å². The zero-order valence-electron chi connectivity index (χ0n) is 11.7. The molecule has 1 aliphatic rings. The quantitative estimate of drug-likeness (QED) is 0.691.